The van der Waals surface area contributed by atoms with Crippen LogP contribution in [-0.4, -0.2) is 19.3 Å². The van der Waals surface area contributed by atoms with Gasteiger partial charge in [0.2, 0.25) is 0 Å². The molecule has 0 amide bonds. The molecule has 0 spiro atoms. The van der Waals surface area contributed by atoms with E-state index in [0.29, 0.717) is 13.1 Å². The van der Waals surface area contributed by atoms with Crippen molar-refractivity contribution in [2.75, 3.05) is 0 Å². The van der Waals surface area contributed by atoms with Gasteiger partial charge in [0.1, 0.15) is 16.2 Å². The van der Waals surface area contributed by atoms with E-state index in [0.717, 1.165) is 30.8 Å². The van der Waals surface area contributed by atoms with Gasteiger partial charge in [0.15, 0.2) is 6.54 Å². The Bertz CT molecular complexity index is 856. The topological polar surface area (TPSA) is 35.6 Å². The van der Waals surface area contributed by atoms with E-state index >= 15 is 0 Å². The number of halogens is 3. The first-order chi connectivity index (χ1) is 11.0. The normalized spacial score (nSPS) is 11.1. The summed E-state index contributed by atoms with van der Waals surface area (Å²) in [5, 5.41) is 4.29. The maximum atomic E-state index is 13.4. The van der Waals surface area contributed by atoms with Crippen LogP contribution in [0, 0.1) is 23.2 Å². The quantitative estimate of drug-likeness (QED) is 0.402. The fourth-order valence-electron chi connectivity index (χ4n) is 2.41. The molecule has 4 nitrogen and oxygen atoms in total. The summed E-state index contributed by atoms with van der Waals surface area (Å²) in [6.07, 6.45) is 3.81. The molecule has 0 saturated heterocycles. The molecule has 1 aromatic carbocycles. The van der Waals surface area contributed by atoms with Crippen molar-refractivity contribution in [3.05, 3.63) is 62.8 Å². The Morgan fingerprint density at radius 3 is 2.83 bits per heavy atom. The first-order valence-corrected chi connectivity index (χ1v) is 8.85. The van der Waals surface area contributed by atoms with Crippen molar-refractivity contribution in [2.24, 2.45) is 0 Å². The highest BCUT2D eigenvalue weighted by Crippen LogP contribution is 2.27. The van der Waals surface area contributed by atoms with Crippen molar-refractivity contribution < 1.29 is 4.39 Å². The van der Waals surface area contributed by atoms with Crippen LogP contribution in [0.25, 0.3) is 11.4 Å². The number of aromatic nitrogens is 4. The third-order valence-electron chi connectivity index (χ3n) is 3.47. The second-order valence-electron chi connectivity index (χ2n) is 5.14. The summed E-state index contributed by atoms with van der Waals surface area (Å²) in [5.41, 5.74) is 2.88. The molecule has 0 saturated carbocycles. The maximum Gasteiger partial charge on any atom is 0.178 e. The third-order valence-corrected chi connectivity index (χ3v) is 5.28. The van der Waals surface area contributed by atoms with Gasteiger partial charge in [-0.1, -0.05) is 0 Å². The van der Waals surface area contributed by atoms with E-state index in [2.05, 4.69) is 60.1 Å². The van der Waals surface area contributed by atoms with Gasteiger partial charge in [-0.05, 0) is 63.6 Å². The number of hydrogen-bond donors (Lipinski definition) is 0. The molecule has 3 aromatic rings. The third kappa shape index (κ3) is 3.30. The zero-order valence-corrected chi connectivity index (χ0v) is 16.2. The molecule has 0 bridgehead atoms. The minimum atomic E-state index is -0.243. The molecule has 23 heavy (non-hydrogen) atoms. The van der Waals surface area contributed by atoms with E-state index < -0.39 is 0 Å². The van der Waals surface area contributed by atoms with Crippen molar-refractivity contribution in [3.8, 4) is 11.4 Å². The van der Waals surface area contributed by atoms with E-state index in [1.165, 1.54) is 12.1 Å². The minimum Gasteiger partial charge on any atom is -0.326 e. The fourth-order valence-corrected chi connectivity index (χ4v) is 3.62. The molecule has 3 rings (SSSR count). The predicted octanol–water partition coefficient (Wildman–Crippen LogP) is 4.44. The van der Waals surface area contributed by atoms with E-state index in [9.17, 15) is 4.39 Å². The predicted molar refractivity (Wildman–Crippen MR) is 99.5 cm³/mol. The van der Waals surface area contributed by atoms with Crippen LogP contribution in [-0.2, 0) is 13.1 Å². The van der Waals surface area contributed by atoms with Crippen molar-refractivity contribution in [3.63, 3.8) is 0 Å². The molecular weight excluding hydrogens is 474 g/mol. The Kier molecular flexibility index (Phi) is 4.77. The number of hydrogen-bond acceptors (Lipinski definition) is 2. The molecule has 0 radical (unpaired) electrons. The van der Waals surface area contributed by atoms with Gasteiger partial charge in [-0.3, -0.25) is 0 Å². The smallest absolute Gasteiger partial charge is 0.178 e. The van der Waals surface area contributed by atoms with Crippen LogP contribution in [0.4, 0.5) is 4.39 Å². The lowest BCUT2D eigenvalue weighted by atomic mass is 10.2. The lowest BCUT2D eigenvalue weighted by Crippen LogP contribution is -2.03. The van der Waals surface area contributed by atoms with Crippen LogP contribution in [0.3, 0.4) is 0 Å². The van der Waals surface area contributed by atoms with Crippen LogP contribution in [0.1, 0.15) is 11.3 Å². The first kappa shape index (κ1) is 16.5. The number of nitrogens with zero attached hydrogens (tertiary/aromatic N) is 4. The van der Waals surface area contributed by atoms with Gasteiger partial charge in [-0.2, -0.15) is 5.10 Å². The SMILES string of the molecule is [CH2+]Cn1ncc(Cn2cc(C)nc2-c2ccc(F)cc2I)c1Br. The van der Waals surface area contributed by atoms with Gasteiger partial charge in [-0.15, -0.1) is 0 Å². The Morgan fingerprint density at radius 2 is 2.17 bits per heavy atom. The Morgan fingerprint density at radius 1 is 1.39 bits per heavy atom. The highest BCUT2D eigenvalue weighted by Gasteiger charge is 2.15. The molecule has 118 valence electrons. The van der Waals surface area contributed by atoms with Gasteiger partial charge in [0.05, 0.1) is 25.4 Å². The molecule has 0 aliphatic heterocycles. The number of aryl methyl sites for hydroxylation is 1. The molecule has 0 atom stereocenters. The molecule has 0 aliphatic rings. The minimum absolute atomic E-state index is 0.243. The van der Waals surface area contributed by atoms with Crippen molar-refractivity contribution in [2.45, 2.75) is 20.0 Å². The van der Waals surface area contributed by atoms with E-state index in [1.54, 1.807) is 10.7 Å². The summed E-state index contributed by atoms with van der Waals surface area (Å²) in [4.78, 5) is 4.61. The average molecular weight is 488 g/mol. The van der Waals surface area contributed by atoms with Crippen molar-refractivity contribution >= 4 is 38.5 Å². The molecule has 7 heteroatoms. The van der Waals surface area contributed by atoms with Crippen LogP contribution >= 0.6 is 38.5 Å². The van der Waals surface area contributed by atoms with Crippen LogP contribution in [0.15, 0.2) is 35.2 Å². The summed E-state index contributed by atoms with van der Waals surface area (Å²) in [6.45, 7) is 6.98. The molecule has 0 aliphatic carbocycles. The fraction of sp³-hybridized carbons (Fsp3) is 0.188. The largest absolute Gasteiger partial charge is 0.326 e. The monoisotopic (exact) mass is 487 g/mol. The second-order valence-corrected chi connectivity index (χ2v) is 7.06. The average Bonchev–Trinajstić information content (AvgIpc) is 3.03. The standard InChI is InChI=1S/C16H14BrFIN4/c1-3-23-15(17)11(7-20-23)9-22-8-10(2)21-16(22)13-5-4-12(18)6-14(13)19/h4-8H,1,3,9H2,2H3/q+1. The Balaban J connectivity index is 2.02. The first-order valence-electron chi connectivity index (χ1n) is 6.98. The second kappa shape index (κ2) is 6.64. The van der Waals surface area contributed by atoms with E-state index in [4.69, 9.17) is 0 Å². The molecular formula is C16H14BrFIN4+. The zero-order chi connectivity index (χ0) is 16.6. The summed E-state index contributed by atoms with van der Waals surface area (Å²) in [5.74, 6) is 0.577. The summed E-state index contributed by atoms with van der Waals surface area (Å²) < 4.78 is 19.0. The van der Waals surface area contributed by atoms with Crippen molar-refractivity contribution in [1.29, 1.82) is 0 Å². The highest BCUT2D eigenvalue weighted by atomic mass is 127. The molecule has 0 fully saturated rings. The number of imidazole rings is 1. The van der Waals surface area contributed by atoms with Gasteiger partial charge in [0.25, 0.3) is 0 Å². The zero-order valence-electron chi connectivity index (χ0n) is 12.4. The molecule has 0 N–H and O–H groups in total. The molecule has 0 unspecified atom stereocenters. The Hall–Kier alpha value is -1.35. The summed E-state index contributed by atoms with van der Waals surface area (Å²) in [7, 11) is 0. The molecule has 2 heterocycles. The maximum absolute atomic E-state index is 13.4. The van der Waals surface area contributed by atoms with Crippen LogP contribution in [0.2, 0.25) is 0 Å². The van der Waals surface area contributed by atoms with Gasteiger partial charge in [-0.25, -0.2) is 14.1 Å². The lowest BCUT2D eigenvalue weighted by molar-refractivity contribution is 0.627. The number of rotatable bonds is 4. The van der Waals surface area contributed by atoms with Gasteiger partial charge in [0, 0.05) is 20.9 Å². The summed E-state index contributed by atoms with van der Waals surface area (Å²) >= 11 is 5.69. The Labute approximate surface area is 156 Å². The summed E-state index contributed by atoms with van der Waals surface area (Å²) in [6, 6.07) is 4.74. The lowest BCUT2D eigenvalue weighted by Gasteiger charge is -2.09. The van der Waals surface area contributed by atoms with E-state index in [-0.39, 0.29) is 5.82 Å². The molecule has 2 aromatic heterocycles. The van der Waals surface area contributed by atoms with Gasteiger partial charge < -0.3 is 4.57 Å². The number of benzene rings is 1. The van der Waals surface area contributed by atoms with Crippen molar-refractivity contribution in [1.82, 2.24) is 19.3 Å². The van der Waals surface area contributed by atoms with Crippen LogP contribution in [0.5, 0.6) is 0 Å². The van der Waals surface area contributed by atoms with E-state index in [1.807, 2.05) is 19.3 Å². The van der Waals surface area contributed by atoms with Gasteiger partial charge >= 0.3 is 0 Å². The highest BCUT2D eigenvalue weighted by molar-refractivity contribution is 14.1. The van der Waals surface area contributed by atoms with Crippen LogP contribution < -0.4 is 0 Å².